The number of piperazine rings is 1. The molecule has 0 aliphatic carbocycles. The number of fused-ring (bicyclic) bond motifs is 3. The van der Waals surface area contributed by atoms with Crippen molar-refractivity contribution in [1.82, 2.24) is 15.1 Å². The summed E-state index contributed by atoms with van der Waals surface area (Å²) in [6.07, 6.45) is 1.14. The second-order valence-corrected chi connectivity index (χ2v) is 9.77. The molecular formula is C29H32N4O. The van der Waals surface area contributed by atoms with Crippen LogP contribution in [0.5, 0.6) is 0 Å². The van der Waals surface area contributed by atoms with Crippen LogP contribution >= 0.6 is 0 Å². The second-order valence-electron chi connectivity index (χ2n) is 9.77. The van der Waals surface area contributed by atoms with E-state index in [1.165, 1.54) is 16.7 Å². The predicted molar refractivity (Wildman–Crippen MR) is 136 cm³/mol. The van der Waals surface area contributed by atoms with Crippen molar-refractivity contribution in [3.05, 3.63) is 101 Å². The fourth-order valence-corrected chi connectivity index (χ4v) is 5.91. The van der Waals surface area contributed by atoms with Gasteiger partial charge >= 0.3 is 0 Å². The third-order valence-corrected chi connectivity index (χ3v) is 7.71. The molecule has 3 aromatic rings. The molecule has 5 nitrogen and oxygen atoms in total. The molecule has 2 fully saturated rings. The van der Waals surface area contributed by atoms with Gasteiger partial charge in [-0.15, -0.1) is 0 Å². The molecule has 34 heavy (non-hydrogen) atoms. The van der Waals surface area contributed by atoms with E-state index in [1.54, 1.807) is 0 Å². The summed E-state index contributed by atoms with van der Waals surface area (Å²) in [5.74, 6) is 0.642. The topological polar surface area (TPSA) is 47.6 Å². The van der Waals surface area contributed by atoms with Crippen LogP contribution in [0.2, 0.25) is 0 Å². The van der Waals surface area contributed by atoms with Gasteiger partial charge < -0.3 is 15.5 Å². The van der Waals surface area contributed by atoms with Crippen LogP contribution < -0.4 is 10.6 Å². The van der Waals surface area contributed by atoms with Crippen molar-refractivity contribution in [2.45, 2.75) is 25.0 Å². The highest BCUT2D eigenvalue weighted by molar-refractivity contribution is 5.95. The molecule has 2 saturated heterocycles. The molecule has 3 unspecified atom stereocenters. The Kier molecular flexibility index (Phi) is 5.81. The van der Waals surface area contributed by atoms with E-state index in [4.69, 9.17) is 0 Å². The lowest BCUT2D eigenvalue weighted by atomic mass is 9.80. The summed E-state index contributed by atoms with van der Waals surface area (Å²) >= 11 is 0. The first-order chi connectivity index (χ1) is 16.8. The fraction of sp³-hybridized carbons (Fsp3) is 0.345. The summed E-state index contributed by atoms with van der Waals surface area (Å²) in [6.45, 7) is 5.35. The molecule has 3 aromatic carbocycles. The number of carbonyl (C=O) groups excluding carboxylic acids is 1. The Morgan fingerprint density at radius 3 is 2.35 bits per heavy atom. The maximum Gasteiger partial charge on any atom is 0.253 e. The Bertz CT molecular complexity index is 1140. The maximum absolute atomic E-state index is 13.4. The Balaban J connectivity index is 1.16. The molecule has 0 radical (unpaired) electrons. The van der Waals surface area contributed by atoms with Crippen LogP contribution in [0.15, 0.2) is 78.9 Å². The lowest BCUT2D eigenvalue weighted by molar-refractivity contribution is 0.0628. The minimum Gasteiger partial charge on any atom is -0.378 e. The summed E-state index contributed by atoms with van der Waals surface area (Å²) in [5.41, 5.74) is 5.86. The van der Waals surface area contributed by atoms with Crippen molar-refractivity contribution in [1.29, 1.82) is 0 Å². The van der Waals surface area contributed by atoms with E-state index < -0.39 is 0 Å². The van der Waals surface area contributed by atoms with Crippen molar-refractivity contribution in [3.8, 4) is 0 Å². The molecule has 3 atom stereocenters. The zero-order valence-corrected chi connectivity index (χ0v) is 19.5. The molecule has 0 saturated carbocycles. The van der Waals surface area contributed by atoms with Crippen LogP contribution in [0.4, 0.5) is 5.69 Å². The van der Waals surface area contributed by atoms with Gasteiger partial charge in [0.05, 0.1) is 6.04 Å². The zero-order valence-electron chi connectivity index (χ0n) is 19.5. The molecular weight excluding hydrogens is 420 g/mol. The van der Waals surface area contributed by atoms with Gasteiger partial charge in [0.1, 0.15) is 0 Å². The molecule has 0 aromatic heterocycles. The van der Waals surface area contributed by atoms with Crippen LogP contribution in [-0.4, -0.2) is 48.4 Å². The number of amides is 1. The summed E-state index contributed by atoms with van der Waals surface area (Å²) in [4.78, 5) is 17.9. The van der Waals surface area contributed by atoms with Gasteiger partial charge in [-0.25, -0.2) is 0 Å². The first-order valence-electron chi connectivity index (χ1n) is 12.5. The number of nitrogens with zero attached hydrogens (tertiary/aromatic N) is 2. The minimum atomic E-state index is 0.155. The van der Waals surface area contributed by atoms with Crippen LogP contribution in [0.25, 0.3) is 0 Å². The lowest BCUT2D eigenvalue weighted by Gasteiger charge is -2.38. The molecule has 2 N–H and O–H groups in total. The highest BCUT2D eigenvalue weighted by atomic mass is 16.2. The van der Waals surface area contributed by atoms with Gasteiger partial charge in [-0.3, -0.25) is 9.69 Å². The molecule has 6 rings (SSSR count). The smallest absolute Gasteiger partial charge is 0.253 e. The summed E-state index contributed by atoms with van der Waals surface area (Å²) in [6, 6.07) is 28.2. The SMILES string of the molecule is O=C(c1ccc2c(c1)C1NCCC1C(c1ccccc1)N2)N1CCN(Cc2ccccc2)CC1. The molecule has 3 aliphatic heterocycles. The third kappa shape index (κ3) is 4.10. The Hall–Kier alpha value is -3.15. The van der Waals surface area contributed by atoms with Gasteiger partial charge in [-0.05, 0) is 47.9 Å². The normalized spacial score (nSPS) is 24.2. The monoisotopic (exact) mass is 452 g/mol. The van der Waals surface area contributed by atoms with Crippen molar-refractivity contribution < 1.29 is 4.79 Å². The molecule has 0 spiro atoms. The third-order valence-electron chi connectivity index (χ3n) is 7.71. The Labute approximate surface area is 201 Å². The van der Waals surface area contributed by atoms with E-state index in [0.29, 0.717) is 12.0 Å². The molecule has 174 valence electrons. The van der Waals surface area contributed by atoms with Crippen molar-refractivity contribution in [2.75, 3.05) is 38.0 Å². The number of carbonyl (C=O) groups is 1. The highest BCUT2D eigenvalue weighted by Gasteiger charge is 2.40. The molecule has 0 bridgehead atoms. The van der Waals surface area contributed by atoms with E-state index in [0.717, 1.165) is 56.9 Å². The first-order valence-corrected chi connectivity index (χ1v) is 12.5. The van der Waals surface area contributed by atoms with Gasteiger partial charge in [0, 0.05) is 55.9 Å². The van der Waals surface area contributed by atoms with Crippen molar-refractivity contribution >= 4 is 11.6 Å². The van der Waals surface area contributed by atoms with Crippen molar-refractivity contribution in [3.63, 3.8) is 0 Å². The largest absolute Gasteiger partial charge is 0.378 e. The van der Waals surface area contributed by atoms with Gasteiger partial charge in [0.15, 0.2) is 0 Å². The van der Waals surface area contributed by atoms with E-state index in [9.17, 15) is 4.79 Å². The van der Waals surface area contributed by atoms with E-state index in [2.05, 4.69) is 88.3 Å². The molecule has 5 heteroatoms. The number of hydrogen-bond acceptors (Lipinski definition) is 4. The predicted octanol–water partition coefficient (Wildman–Crippen LogP) is 4.46. The second kappa shape index (κ2) is 9.24. The highest BCUT2D eigenvalue weighted by Crippen LogP contribution is 2.47. The van der Waals surface area contributed by atoms with Crippen LogP contribution in [-0.2, 0) is 6.54 Å². The van der Waals surface area contributed by atoms with Gasteiger partial charge in [0.2, 0.25) is 0 Å². The minimum absolute atomic E-state index is 0.155. The Morgan fingerprint density at radius 2 is 1.59 bits per heavy atom. The van der Waals surface area contributed by atoms with Crippen LogP contribution in [0.1, 0.15) is 45.6 Å². The van der Waals surface area contributed by atoms with Gasteiger partial charge in [0.25, 0.3) is 5.91 Å². The van der Waals surface area contributed by atoms with Crippen molar-refractivity contribution in [2.24, 2.45) is 5.92 Å². The van der Waals surface area contributed by atoms with Crippen LogP contribution in [0, 0.1) is 5.92 Å². The summed E-state index contributed by atoms with van der Waals surface area (Å²) < 4.78 is 0. The first kappa shape index (κ1) is 21.4. The number of nitrogens with one attached hydrogen (secondary N) is 2. The number of hydrogen-bond donors (Lipinski definition) is 2. The molecule has 3 aliphatic rings. The standard InChI is InChI=1S/C29H32N4O/c34-29(33-17-15-32(16-18-33)20-21-7-3-1-4-8-21)23-11-12-26-25(19-23)28-24(13-14-30-28)27(31-26)22-9-5-2-6-10-22/h1-12,19,24,27-28,30-31H,13-18,20H2. The fourth-order valence-electron chi connectivity index (χ4n) is 5.91. The quantitative estimate of drug-likeness (QED) is 0.614. The van der Waals surface area contributed by atoms with Crippen LogP contribution in [0.3, 0.4) is 0 Å². The average Bonchev–Trinajstić information content (AvgIpc) is 3.40. The summed E-state index contributed by atoms with van der Waals surface area (Å²) in [5, 5.41) is 7.51. The molecule has 3 heterocycles. The average molecular weight is 453 g/mol. The summed E-state index contributed by atoms with van der Waals surface area (Å²) in [7, 11) is 0. The number of benzene rings is 3. The zero-order chi connectivity index (χ0) is 22.9. The van der Waals surface area contributed by atoms with Gasteiger partial charge in [-0.2, -0.15) is 0 Å². The maximum atomic E-state index is 13.4. The lowest BCUT2D eigenvalue weighted by Crippen LogP contribution is -2.48. The van der Waals surface area contributed by atoms with Gasteiger partial charge in [-0.1, -0.05) is 60.7 Å². The Morgan fingerprint density at radius 1 is 0.853 bits per heavy atom. The molecule has 1 amide bonds. The van der Waals surface area contributed by atoms with E-state index >= 15 is 0 Å². The number of anilines is 1. The van der Waals surface area contributed by atoms with E-state index in [-0.39, 0.29) is 11.9 Å². The van der Waals surface area contributed by atoms with E-state index in [1.807, 2.05) is 11.0 Å². The number of rotatable bonds is 4.